The van der Waals surface area contributed by atoms with Crippen molar-refractivity contribution in [2.75, 3.05) is 5.73 Å². The summed E-state index contributed by atoms with van der Waals surface area (Å²) >= 11 is 3.17. The Morgan fingerprint density at radius 1 is 1.15 bits per heavy atom. The number of nitrogens with two attached hydrogens (primary N) is 1. The standard InChI is InChI=1S/C13H10BrF2NO2S/c14-9-4-5-12(11(17)6-9)20(18,19)7-8-2-1-3-10(15)13(8)16/h1-6H,7,17H2. The van der Waals surface area contributed by atoms with E-state index in [-0.39, 0.29) is 16.1 Å². The Balaban J connectivity index is 2.44. The Bertz CT molecular complexity index is 763. The maximum Gasteiger partial charge on any atom is 0.184 e. The first-order valence-corrected chi connectivity index (χ1v) is 7.96. The molecule has 0 bridgehead atoms. The second kappa shape index (κ2) is 5.49. The minimum Gasteiger partial charge on any atom is -0.398 e. The lowest BCUT2D eigenvalue weighted by molar-refractivity contribution is 0.501. The van der Waals surface area contributed by atoms with Gasteiger partial charge in [0.1, 0.15) is 0 Å². The molecular weight excluding hydrogens is 352 g/mol. The van der Waals surface area contributed by atoms with Crippen molar-refractivity contribution in [3.8, 4) is 0 Å². The van der Waals surface area contributed by atoms with Crippen LogP contribution in [-0.2, 0) is 15.6 Å². The highest BCUT2D eigenvalue weighted by Gasteiger charge is 2.21. The monoisotopic (exact) mass is 361 g/mol. The number of nitrogen functional groups attached to an aromatic ring is 1. The van der Waals surface area contributed by atoms with Crippen LogP contribution in [0, 0.1) is 11.6 Å². The van der Waals surface area contributed by atoms with Crippen LogP contribution in [0.5, 0.6) is 0 Å². The lowest BCUT2D eigenvalue weighted by Gasteiger charge is -2.09. The zero-order valence-corrected chi connectivity index (χ0v) is 12.5. The molecule has 0 spiro atoms. The number of anilines is 1. The summed E-state index contributed by atoms with van der Waals surface area (Å²) < 4.78 is 51.7. The van der Waals surface area contributed by atoms with Gasteiger partial charge in [0.2, 0.25) is 0 Å². The highest BCUT2D eigenvalue weighted by Crippen LogP contribution is 2.26. The molecular formula is C13H10BrF2NO2S. The Kier molecular flexibility index (Phi) is 4.10. The van der Waals surface area contributed by atoms with Gasteiger partial charge >= 0.3 is 0 Å². The van der Waals surface area contributed by atoms with Crippen molar-refractivity contribution in [3.63, 3.8) is 0 Å². The van der Waals surface area contributed by atoms with Gasteiger partial charge in [0.05, 0.1) is 16.3 Å². The summed E-state index contributed by atoms with van der Waals surface area (Å²) in [6.45, 7) is 0. The fourth-order valence-corrected chi connectivity index (χ4v) is 3.61. The quantitative estimate of drug-likeness (QED) is 0.853. The molecule has 0 amide bonds. The maximum absolute atomic E-state index is 13.5. The first-order valence-electron chi connectivity index (χ1n) is 5.52. The SMILES string of the molecule is Nc1cc(Br)ccc1S(=O)(=O)Cc1cccc(F)c1F. The number of sulfone groups is 1. The smallest absolute Gasteiger partial charge is 0.184 e. The molecule has 0 aliphatic heterocycles. The summed E-state index contributed by atoms with van der Waals surface area (Å²) in [4.78, 5) is -0.107. The number of hydrogen-bond donors (Lipinski definition) is 1. The van der Waals surface area contributed by atoms with Crippen LogP contribution in [0.25, 0.3) is 0 Å². The second-order valence-corrected chi connectivity index (χ2v) is 7.03. The number of rotatable bonds is 3. The van der Waals surface area contributed by atoms with Crippen molar-refractivity contribution in [2.24, 2.45) is 0 Å². The molecule has 0 atom stereocenters. The van der Waals surface area contributed by atoms with Crippen LogP contribution in [0.1, 0.15) is 5.56 Å². The third-order valence-corrected chi connectivity index (χ3v) is 4.91. The van der Waals surface area contributed by atoms with Gasteiger partial charge in [-0.1, -0.05) is 28.1 Å². The molecule has 2 rings (SSSR count). The van der Waals surface area contributed by atoms with Gasteiger partial charge < -0.3 is 5.73 Å². The maximum atomic E-state index is 13.5. The zero-order chi connectivity index (χ0) is 14.9. The molecule has 0 saturated carbocycles. The highest BCUT2D eigenvalue weighted by atomic mass is 79.9. The van der Waals surface area contributed by atoms with E-state index in [2.05, 4.69) is 15.9 Å². The van der Waals surface area contributed by atoms with Crippen molar-refractivity contribution in [1.29, 1.82) is 0 Å². The molecule has 0 heterocycles. The molecule has 2 aromatic rings. The Hall–Kier alpha value is -1.47. The Morgan fingerprint density at radius 3 is 2.50 bits per heavy atom. The van der Waals surface area contributed by atoms with Crippen molar-refractivity contribution in [1.82, 2.24) is 0 Å². The lowest BCUT2D eigenvalue weighted by atomic mass is 10.2. The van der Waals surface area contributed by atoms with E-state index in [9.17, 15) is 17.2 Å². The van der Waals surface area contributed by atoms with E-state index in [1.165, 1.54) is 30.3 Å². The molecule has 2 N–H and O–H groups in total. The summed E-state index contributed by atoms with van der Waals surface area (Å²) in [5.41, 5.74) is 5.47. The van der Waals surface area contributed by atoms with Gasteiger partial charge in [0, 0.05) is 10.0 Å². The molecule has 7 heteroatoms. The van der Waals surface area contributed by atoms with Crippen LogP contribution in [0.2, 0.25) is 0 Å². The second-order valence-electron chi connectivity index (χ2n) is 4.15. The minimum absolute atomic E-state index is 0.0520. The first-order chi connectivity index (χ1) is 9.31. The van der Waals surface area contributed by atoms with Crippen LogP contribution in [0.3, 0.4) is 0 Å². The van der Waals surface area contributed by atoms with E-state index in [0.717, 1.165) is 6.07 Å². The van der Waals surface area contributed by atoms with Crippen LogP contribution in [0.15, 0.2) is 45.8 Å². The largest absolute Gasteiger partial charge is 0.398 e. The van der Waals surface area contributed by atoms with Gasteiger partial charge in [-0.05, 0) is 24.3 Å². The van der Waals surface area contributed by atoms with E-state index in [0.29, 0.717) is 4.47 Å². The van der Waals surface area contributed by atoms with Gasteiger partial charge in [-0.25, -0.2) is 17.2 Å². The van der Waals surface area contributed by atoms with Gasteiger partial charge in [-0.2, -0.15) is 0 Å². The molecule has 0 aliphatic carbocycles. The molecule has 0 radical (unpaired) electrons. The van der Waals surface area contributed by atoms with Crippen LogP contribution in [-0.4, -0.2) is 8.42 Å². The van der Waals surface area contributed by atoms with Crippen molar-refractivity contribution in [2.45, 2.75) is 10.6 Å². The predicted octanol–water partition coefficient (Wildman–Crippen LogP) is 3.28. The van der Waals surface area contributed by atoms with Gasteiger partial charge in [-0.15, -0.1) is 0 Å². The molecule has 106 valence electrons. The summed E-state index contributed by atoms with van der Waals surface area (Å²) in [6.07, 6.45) is 0. The third-order valence-electron chi connectivity index (χ3n) is 2.68. The van der Waals surface area contributed by atoms with E-state index in [1.807, 2.05) is 0 Å². The van der Waals surface area contributed by atoms with E-state index < -0.39 is 27.2 Å². The molecule has 3 nitrogen and oxygen atoms in total. The van der Waals surface area contributed by atoms with Gasteiger partial charge in [0.25, 0.3) is 0 Å². The number of benzene rings is 2. The molecule has 0 aromatic heterocycles. The van der Waals surface area contributed by atoms with E-state index >= 15 is 0 Å². The van der Waals surface area contributed by atoms with Gasteiger partial charge in [0.15, 0.2) is 21.5 Å². The Labute approximate surface area is 123 Å². The minimum atomic E-state index is -3.85. The third kappa shape index (κ3) is 2.99. The van der Waals surface area contributed by atoms with E-state index in [4.69, 9.17) is 5.73 Å². The predicted molar refractivity (Wildman–Crippen MR) is 75.8 cm³/mol. The number of hydrogen-bond acceptors (Lipinski definition) is 3. The number of halogens is 3. The zero-order valence-electron chi connectivity index (χ0n) is 10.1. The molecule has 0 unspecified atom stereocenters. The molecule has 0 saturated heterocycles. The van der Waals surface area contributed by atoms with Crippen molar-refractivity contribution in [3.05, 3.63) is 58.1 Å². The molecule has 0 aliphatic rings. The molecule has 20 heavy (non-hydrogen) atoms. The van der Waals surface area contributed by atoms with Crippen LogP contribution < -0.4 is 5.73 Å². The Morgan fingerprint density at radius 2 is 1.85 bits per heavy atom. The van der Waals surface area contributed by atoms with Gasteiger partial charge in [-0.3, -0.25) is 0 Å². The van der Waals surface area contributed by atoms with E-state index in [1.54, 1.807) is 0 Å². The normalized spacial score (nSPS) is 11.6. The first kappa shape index (κ1) is 14.9. The summed E-state index contributed by atoms with van der Waals surface area (Å²) in [5.74, 6) is -2.89. The average molecular weight is 362 g/mol. The van der Waals surface area contributed by atoms with Crippen LogP contribution >= 0.6 is 15.9 Å². The fourth-order valence-electron chi connectivity index (χ4n) is 1.74. The summed E-state index contributed by atoms with van der Waals surface area (Å²) in [7, 11) is -3.85. The fraction of sp³-hybridized carbons (Fsp3) is 0.0769. The van der Waals surface area contributed by atoms with Crippen molar-refractivity contribution >= 4 is 31.5 Å². The molecule has 2 aromatic carbocycles. The lowest BCUT2D eigenvalue weighted by Crippen LogP contribution is -2.09. The van der Waals surface area contributed by atoms with Crippen molar-refractivity contribution < 1.29 is 17.2 Å². The molecule has 0 fully saturated rings. The average Bonchev–Trinajstić information content (AvgIpc) is 2.34. The topological polar surface area (TPSA) is 60.2 Å². The summed E-state index contributed by atoms with van der Waals surface area (Å²) in [6, 6.07) is 7.70. The van der Waals surface area contributed by atoms with Crippen LogP contribution in [0.4, 0.5) is 14.5 Å². The highest BCUT2D eigenvalue weighted by molar-refractivity contribution is 9.10. The summed E-state index contributed by atoms with van der Waals surface area (Å²) in [5, 5.41) is 0.